The summed E-state index contributed by atoms with van der Waals surface area (Å²) in [4.78, 5) is 18.3. The number of carbonyl (C=O) groups is 1. The first-order valence-corrected chi connectivity index (χ1v) is 8.15. The average Bonchev–Trinajstić information content (AvgIpc) is 2.70. The molecule has 0 spiro atoms. The molecule has 3 aliphatic heterocycles. The maximum atomic E-state index is 12.8. The van der Waals surface area contributed by atoms with E-state index in [2.05, 4.69) is 28.0 Å². The van der Waals surface area contributed by atoms with Gasteiger partial charge in [-0.25, -0.2) is 0 Å². The minimum Gasteiger partial charge on any atom is -0.334 e. The van der Waals surface area contributed by atoms with Crippen molar-refractivity contribution in [2.75, 3.05) is 26.2 Å². The Morgan fingerprint density at radius 1 is 1.05 bits per heavy atom. The topological polar surface area (TPSA) is 23.6 Å². The molecule has 3 saturated heterocycles. The van der Waals surface area contributed by atoms with Crippen LogP contribution in [0.2, 0.25) is 0 Å². The van der Waals surface area contributed by atoms with Crippen LogP contribution in [-0.4, -0.2) is 47.9 Å². The molecule has 1 aromatic carbocycles. The molecule has 0 saturated carbocycles. The molecule has 3 aliphatic rings. The number of thiophene rings is 1. The van der Waals surface area contributed by atoms with Crippen molar-refractivity contribution in [3.63, 3.8) is 0 Å². The Morgan fingerprint density at radius 2 is 1.77 bits per heavy atom. The SMILES string of the molecule is Cl.Cl.O=C(c1cc2ccccc2s1)N1CCN2CCC1CC2. The first-order chi connectivity index (χ1) is 9.81. The number of carbonyl (C=O) groups excluding carboxylic acids is 1. The predicted molar refractivity (Wildman–Crippen MR) is 96.8 cm³/mol. The van der Waals surface area contributed by atoms with E-state index in [4.69, 9.17) is 0 Å². The fraction of sp³-hybridized carbons (Fsp3) is 0.438. The molecule has 6 heteroatoms. The molecule has 0 radical (unpaired) electrons. The molecule has 2 bridgehead atoms. The van der Waals surface area contributed by atoms with Crippen LogP contribution in [0.15, 0.2) is 30.3 Å². The number of halogens is 2. The Labute approximate surface area is 147 Å². The second-order valence-corrected chi connectivity index (χ2v) is 6.80. The molecule has 3 fully saturated rings. The number of hydrogen-bond acceptors (Lipinski definition) is 3. The van der Waals surface area contributed by atoms with Crippen molar-refractivity contribution in [3.8, 4) is 0 Å². The Kier molecular flexibility index (Phi) is 5.72. The van der Waals surface area contributed by atoms with Gasteiger partial charge in [-0.05, 0) is 30.4 Å². The highest BCUT2D eigenvalue weighted by Crippen LogP contribution is 2.29. The van der Waals surface area contributed by atoms with Gasteiger partial charge in [0.2, 0.25) is 0 Å². The summed E-state index contributed by atoms with van der Waals surface area (Å²) < 4.78 is 1.21. The minimum atomic E-state index is 0. The molecular formula is C16H20Cl2N2OS. The maximum absolute atomic E-state index is 12.8. The van der Waals surface area contributed by atoms with E-state index < -0.39 is 0 Å². The molecule has 2 aromatic rings. The lowest BCUT2D eigenvalue weighted by atomic mass is 10.1. The van der Waals surface area contributed by atoms with Crippen molar-refractivity contribution in [2.45, 2.75) is 18.9 Å². The third kappa shape index (κ3) is 3.11. The van der Waals surface area contributed by atoms with Crippen LogP contribution in [0.25, 0.3) is 10.1 Å². The molecule has 0 N–H and O–H groups in total. The van der Waals surface area contributed by atoms with Gasteiger partial charge in [-0.2, -0.15) is 0 Å². The van der Waals surface area contributed by atoms with Crippen LogP contribution in [0.3, 0.4) is 0 Å². The van der Waals surface area contributed by atoms with E-state index in [9.17, 15) is 4.79 Å². The van der Waals surface area contributed by atoms with Gasteiger partial charge >= 0.3 is 0 Å². The van der Waals surface area contributed by atoms with E-state index in [-0.39, 0.29) is 30.7 Å². The van der Waals surface area contributed by atoms with Crippen LogP contribution < -0.4 is 0 Å². The van der Waals surface area contributed by atoms with Crippen LogP contribution in [0.4, 0.5) is 0 Å². The maximum Gasteiger partial charge on any atom is 0.264 e. The monoisotopic (exact) mass is 358 g/mol. The largest absolute Gasteiger partial charge is 0.334 e. The van der Waals surface area contributed by atoms with E-state index in [1.807, 2.05) is 12.1 Å². The minimum absolute atomic E-state index is 0. The zero-order valence-corrected chi connectivity index (χ0v) is 14.7. The summed E-state index contributed by atoms with van der Waals surface area (Å²) in [5.41, 5.74) is 0. The molecule has 4 heterocycles. The summed E-state index contributed by atoms with van der Waals surface area (Å²) in [7, 11) is 0. The van der Waals surface area contributed by atoms with Crippen LogP contribution in [0.5, 0.6) is 0 Å². The van der Waals surface area contributed by atoms with Crippen LogP contribution in [0, 0.1) is 0 Å². The highest BCUT2D eigenvalue weighted by Gasteiger charge is 2.32. The van der Waals surface area contributed by atoms with Crippen molar-refractivity contribution in [2.24, 2.45) is 0 Å². The second kappa shape index (κ2) is 7.18. The molecule has 3 nitrogen and oxygen atoms in total. The number of hydrogen-bond donors (Lipinski definition) is 0. The summed E-state index contributed by atoms with van der Waals surface area (Å²) in [6, 6.07) is 10.8. The van der Waals surface area contributed by atoms with Crippen LogP contribution in [-0.2, 0) is 0 Å². The van der Waals surface area contributed by atoms with Gasteiger partial charge in [0.05, 0.1) is 4.88 Å². The highest BCUT2D eigenvalue weighted by atomic mass is 35.5. The predicted octanol–water partition coefficient (Wildman–Crippen LogP) is 3.67. The number of benzene rings is 1. The smallest absolute Gasteiger partial charge is 0.264 e. The molecule has 22 heavy (non-hydrogen) atoms. The van der Waals surface area contributed by atoms with E-state index in [0.29, 0.717) is 6.04 Å². The Hall–Kier alpha value is -0.810. The zero-order valence-electron chi connectivity index (χ0n) is 12.2. The number of rotatable bonds is 1. The standard InChI is InChI=1S/C16H18N2OS.2ClH/c19-16(15-11-12-3-1-2-4-14(12)20-15)18-10-9-17-7-5-13(18)6-8-17;;/h1-4,11,13H,5-10H2;2*1H. The van der Waals surface area contributed by atoms with Crippen LogP contribution >= 0.6 is 36.2 Å². The van der Waals surface area contributed by atoms with Crippen molar-refractivity contribution in [3.05, 3.63) is 35.2 Å². The first kappa shape index (κ1) is 17.5. The zero-order chi connectivity index (χ0) is 13.5. The van der Waals surface area contributed by atoms with Crippen LogP contribution in [0.1, 0.15) is 22.5 Å². The van der Waals surface area contributed by atoms with Gasteiger partial charge in [0, 0.05) is 36.9 Å². The first-order valence-electron chi connectivity index (χ1n) is 7.33. The molecule has 1 amide bonds. The van der Waals surface area contributed by atoms with Gasteiger partial charge in [0.25, 0.3) is 5.91 Å². The van der Waals surface area contributed by atoms with E-state index >= 15 is 0 Å². The normalized spacial score (nSPS) is 23.5. The Bertz CT molecular complexity index is 619. The molecule has 120 valence electrons. The Balaban J connectivity index is 0.000000882. The van der Waals surface area contributed by atoms with Gasteiger partial charge in [0.15, 0.2) is 0 Å². The molecule has 5 rings (SSSR count). The van der Waals surface area contributed by atoms with Gasteiger partial charge in [-0.3, -0.25) is 4.79 Å². The van der Waals surface area contributed by atoms with Crippen molar-refractivity contribution in [1.29, 1.82) is 0 Å². The number of piperidine rings is 1. The second-order valence-electron chi connectivity index (χ2n) is 5.72. The molecular weight excluding hydrogens is 339 g/mol. The number of amides is 1. The third-order valence-corrected chi connectivity index (χ3v) is 5.66. The molecule has 0 atom stereocenters. The lowest BCUT2D eigenvalue weighted by Crippen LogP contribution is -2.41. The third-order valence-electron chi connectivity index (χ3n) is 4.55. The van der Waals surface area contributed by atoms with E-state index in [1.165, 1.54) is 10.1 Å². The number of fused-ring (bicyclic) bond motifs is 5. The summed E-state index contributed by atoms with van der Waals surface area (Å²) in [5.74, 6) is 0.236. The molecule has 1 aromatic heterocycles. The van der Waals surface area contributed by atoms with Crippen molar-refractivity contribution < 1.29 is 4.79 Å². The van der Waals surface area contributed by atoms with Crippen molar-refractivity contribution >= 4 is 52.1 Å². The quantitative estimate of drug-likeness (QED) is 0.776. The fourth-order valence-corrected chi connectivity index (χ4v) is 4.40. The Morgan fingerprint density at radius 3 is 2.50 bits per heavy atom. The fourth-order valence-electron chi connectivity index (χ4n) is 3.38. The summed E-state index contributed by atoms with van der Waals surface area (Å²) in [6.45, 7) is 4.23. The lowest BCUT2D eigenvalue weighted by molar-refractivity contribution is 0.0690. The van der Waals surface area contributed by atoms with E-state index in [0.717, 1.165) is 43.9 Å². The summed E-state index contributed by atoms with van der Waals surface area (Å²) >= 11 is 1.63. The molecule has 0 unspecified atom stereocenters. The molecule has 0 aliphatic carbocycles. The summed E-state index contributed by atoms with van der Waals surface area (Å²) in [6.07, 6.45) is 2.27. The van der Waals surface area contributed by atoms with Crippen molar-refractivity contribution in [1.82, 2.24) is 9.80 Å². The summed E-state index contributed by atoms with van der Waals surface area (Å²) in [5, 5.41) is 1.18. The van der Waals surface area contributed by atoms with Gasteiger partial charge in [0.1, 0.15) is 0 Å². The lowest BCUT2D eigenvalue weighted by Gasteiger charge is -2.31. The van der Waals surface area contributed by atoms with E-state index in [1.54, 1.807) is 11.3 Å². The van der Waals surface area contributed by atoms with Gasteiger partial charge in [-0.15, -0.1) is 36.2 Å². The highest BCUT2D eigenvalue weighted by molar-refractivity contribution is 7.20. The number of nitrogens with zero attached hydrogens (tertiary/aromatic N) is 2. The van der Waals surface area contributed by atoms with Gasteiger partial charge < -0.3 is 9.80 Å². The van der Waals surface area contributed by atoms with Gasteiger partial charge in [-0.1, -0.05) is 18.2 Å². The average molecular weight is 359 g/mol.